The van der Waals surface area contributed by atoms with Gasteiger partial charge in [0, 0.05) is 16.3 Å². The zero-order chi connectivity index (χ0) is 27.1. The Morgan fingerprint density at radius 3 is 1.78 bits per heavy atom. The maximum absolute atomic E-state index is 9.63. The van der Waals surface area contributed by atoms with Gasteiger partial charge in [0.2, 0.25) is 0 Å². The van der Waals surface area contributed by atoms with E-state index in [9.17, 15) is 5.26 Å². The molecule has 0 N–H and O–H groups in total. The summed E-state index contributed by atoms with van der Waals surface area (Å²) in [6.07, 6.45) is 0. The topological polar surface area (TPSA) is 33.0 Å². The highest BCUT2D eigenvalue weighted by atomic mass is 16.5. The third-order valence-electron chi connectivity index (χ3n) is 8.63. The summed E-state index contributed by atoms with van der Waals surface area (Å²) in [4.78, 5) is 0. The fourth-order valence-electron chi connectivity index (χ4n) is 6.68. The van der Waals surface area contributed by atoms with Gasteiger partial charge in [-0.3, -0.25) is 0 Å². The predicted molar refractivity (Wildman–Crippen MR) is 169 cm³/mol. The summed E-state index contributed by atoms with van der Waals surface area (Å²) in [5.74, 6) is 1.64. The maximum Gasteiger partial charge on any atom is 0.136 e. The lowest BCUT2D eigenvalue weighted by Gasteiger charge is -2.22. The highest BCUT2D eigenvalue weighted by molar-refractivity contribution is 6.23. The van der Waals surface area contributed by atoms with Crippen LogP contribution in [0, 0.1) is 11.3 Å². The van der Waals surface area contributed by atoms with Crippen LogP contribution in [0.4, 0.5) is 0 Å². The molecule has 0 aromatic heterocycles. The van der Waals surface area contributed by atoms with E-state index in [2.05, 4.69) is 109 Å². The number of nitriles is 1. The van der Waals surface area contributed by atoms with Crippen molar-refractivity contribution in [2.24, 2.45) is 0 Å². The number of hydrogen-bond acceptors (Lipinski definition) is 2. The van der Waals surface area contributed by atoms with E-state index in [4.69, 9.17) is 4.74 Å². The Labute approximate surface area is 236 Å². The first kappa shape index (κ1) is 22.2. The molecule has 41 heavy (non-hydrogen) atoms. The van der Waals surface area contributed by atoms with Crippen molar-refractivity contribution in [2.75, 3.05) is 0 Å². The van der Waals surface area contributed by atoms with Crippen molar-refractivity contribution in [2.45, 2.75) is 0 Å². The van der Waals surface area contributed by atoms with Crippen molar-refractivity contribution in [1.82, 2.24) is 0 Å². The summed E-state index contributed by atoms with van der Waals surface area (Å²) < 4.78 is 6.29. The summed E-state index contributed by atoms with van der Waals surface area (Å²) in [5, 5.41) is 19.4. The lowest BCUT2D eigenvalue weighted by molar-refractivity contribution is 0.487. The van der Waals surface area contributed by atoms with E-state index in [0.29, 0.717) is 5.56 Å². The molecule has 1 aliphatic rings. The first-order chi connectivity index (χ1) is 20.2. The van der Waals surface area contributed by atoms with Gasteiger partial charge in [-0.05, 0) is 96.5 Å². The van der Waals surface area contributed by atoms with E-state index in [0.717, 1.165) is 44.5 Å². The minimum atomic E-state index is 0.663. The molecule has 0 bridgehead atoms. The van der Waals surface area contributed by atoms with Gasteiger partial charge < -0.3 is 4.74 Å². The second kappa shape index (κ2) is 8.18. The minimum Gasteiger partial charge on any atom is -0.456 e. The SMILES string of the molecule is N#Cc1ccc2c3c(cccc13)-c1cc(-c3ccc(-c4cc5ccc6cccc7ccc(c4)c5c67)cc3)ccc1O2. The monoisotopic (exact) mass is 519 g/mol. The highest BCUT2D eigenvalue weighted by Crippen LogP contribution is 2.48. The number of ether oxygens (including phenoxy) is 1. The van der Waals surface area contributed by atoms with Crippen LogP contribution in [0.25, 0.3) is 76.5 Å². The second-order valence-electron chi connectivity index (χ2n) is 10.8. The molecule has 0 saturated heterocycles. The molecule has 0 atom stereocenters. The van der Waals surface area contributed by atoms with E-state index < -0.39 is 0 Å². The smallest absolute Gasteiger partial charge is 0.136 e. The van der Waals surface area contributed by atoms with E-state index in [1.54, 1.807) is 0 Å². The standard InChI is InChI=1S/C39H21NO/c40-22-30-16-18-36-39-32(30)5-2-6-33(39)34-21-27(15-17-35(34)41-36)23-7-9-24(10-8-23)31-19-28-13-11-25-3-1-4-26-12-14-29(20-31)38(28)37(25)26/h1-21H. The Morgan fingerprint density at radius 1 is 0.439 bits per heavy atom. The van der Waals surface area contributed by atoms with Crippen LogP contribution >= 0.6 is 0 Å². The zero-order valence-corrected chi connectivity index (χ0v) is 22.0. The molecule has 9 rings (SSSR count). The molecule has 8 aromatic carbocycles. The summed E-state index contributed by atoms with van der Waals surface area (Å²) in [6.45, 7) is 0. The van der Waals surface area contributed by atoms with Gasteiger partial charge in [0.05, 0.1) is 11.6 Å². The Kier molecular flexibility index (Phi) is 4.43. The summed E-state index contributed by atoms with van der Waals surface area (Å²) >= 11 is 0. The van der Waals surface area contributed by atoms with Gasteiger partial charge in [0.25, 0.3) is 0 Å². The maximum atomic E-state index is 9.63. The Bertz CT molecular complexity index is 2330. The van der Waals surface area contributed by atoms with Gasteiger partial charge in [0.15, 0.2) is 0 Å². The fraction of sp³-hybridized carbons (Fsp3) is 0. The molecule has 0 spiro atoms. The number of nitrogens with zero attached hydrogens (tertiary/aromatic N) is 1. The van der Waals surface area contributed by atoms with Crippen LogP contribution in [-0.2, 0) is 0 Å². The third kappa shape index (κ3) is 3.18. The van der Waals surface area contributed by atoms with E-state index in [-0.39, 0.29) is 0 Å². The van der Waals surface area contributed by atoms with Crippen molar-refractivity contribution in [1.29, 1.82) is 5.26 Å². The fourth-order valence-corrected chi connectivity index (χ4v) is 6.68. The molecule has 188 valence electrons. The molecule has 0 aliphatic carbocycles. The average molecular weight is 520 g/mol. The predicted octanol–water partition coefficient (Wildman–Crippen LogP) is 10.7. The molecule has 0 saturated carbocycles. The Hall–Kier alpha value is -5.65. The van der Waals surface area contributed by atoms with Gasteiger partial charge in [-0.15, -0.1) is 0 Å². The number of benzene rings is 8. The molecule has 1 aliphatic heterocycles. The molecule has 0 radical (unpaired) electrons. The number of fused-ring (bicyclic) bond motifs is 2. The third-order valence-corrected chi connectivity index (χ3v) is 8.63. The van der Waals surface area contributed by atoms with Crippen LogP contribution in [0.1, 0.15) is 5.56 Å². The molecule has 1 heterocycles. The van der Waals surface area contributed by atoms with Gasteiger partial charge in [0.1, 0.15) is 11.5 Å². The summed E-state index contributed by atoms with van der Waals surface area (Å²) in [6, 6.07) is 47.5. The van der Waals surface area contributed by atoms with Crippen LogP contribution in [-0.4, -0.2) is 0 Å². The van der Waals surface area contributed by atoms with Gasteiger partial charge in [-0.1, -0.05) is 91.0 Å². The van der Waals surface area contributed by atoms with Crippen molar-refractivity contribution in [3.8, 4) is 50.9 Å². The Morgan fingerprint density at radius 2 is 1.05 bits per heavy atom. The normalized spacial score (nSPS) is 12.1. The van der Waals surface area contributed by atoms with E-state index >= 15 is 0 Å². The van der Waals surface area contributed by atoms with Crippen LogP contribution in [0.5, 0.6) is 11.5 Å². The molecule has 0 unspecified atom stereocenters. The number of rotatable bonds is 2. The van der Waals surface area contributed by atoms with Gasteiger partial charge in [-0.2, -0.15) is 5.26 Å². The van der Waals surface area contributed by atoms with Crippen molar-refractivity contribution >= 4 is 43.1 Å². The molecule has 0 fully saturated rings. The molecular formula is C39H21NO. The van der Waals surface area contributed by atoms with Crippen molar-refractivity contribution < 1.29 is 4.74 Å². The van der Waals surface area contributed by atoms with Crippen LogP contribution < -0.4 is 4.74 Å². The zero-order valence-electron chi connectivity index (χ0n) is 22.0. The molecule has 8 aromatic rings. The molecule has 2 heteroatoms. The lowest BCUT2D eigenvalue weighted by Crippen LogP contribution is -1.98. The van der Waals surface area contributed by atoms with E-state index in [1.165, 1.54) is 43.4 Å². The quantitative estimate of drug-likeness (QED) is 0.213. The van der Waals surface area contributed by atoms with Crippen molar-refractivity contribution in [3.63, 3.8) is 0 Å². The average Bonchev–Trinajstić information content (AvgIpc) is 3.04. The summed E-state index contributed by atoms with van der Waals surface area (Å²) in [5.41, 5.74) is 7.51. The lowest BCUT2D eigenvalue weighted by atomic mass is 9.90. The first-order valence-corrected chi connectivity index (χ1v) is 13.8. The van der Waals surface area contributed by atoms with Gasteiger partial charge in [-0.25, -0.2) is 0 Å². The van der Waals surface area contributed by atoms with Crippen LogP contribution in [0.15, 0.2) is 127 Å². The Balaban J connectivity index is 1.13. The first-order valence-electron chi connectivity index (χ1n) is 13.8. The van der Waals surface area contributed by atoms with Crippen molar-refractivity contribution in [3.05, 3.63) is 133 Å². The largest absolute Gasteiger partial charge is 0.456 e. The van der Waals surface area contributed by atoms with Crippen LogP contribution in [0.2, 0.25) is 0 Å². The number of hydrogen-bond donors (Lipinski definition) is 0. The molecule has 0 amide bonds. The van der Waals surface area contributed by atoms with E-state index in [1.807, 2.05) is 24.3 Å². The summed E-state index contributed by atoms with van der Waals surface area (Å²) in [7, 11) is 0. The molecular weight excluding hydrogens is 498 g/mol. The minimum absolute atomic E-state index is 0.663. The molecule has 2 nitrogen and oxygen atoms in total. The van der Waals surface area contributed by atoms with Crippen LogP contribution in [0.3, 0.4) is 0 Å². The highest BCUT2D eigenvalue weighted by Gasteiger charge is 2.22. The second-order valence-corrected chi connectivity index (χ2v) is 10.8. The van der Waals surface area contributed by atoms with Gasteiger partial charge >= 0.3 is 0 Å².